The topological polar surface area (TPSA) is 12.9 Å². The van der Waals surface area contributed by atoms with Crippen LogP contribution in [-0.2, 0) is 0 Å². The summed E-state index contributed by atoms with van der Waals surface area (Å²) in [5.74, 6) is -1.83. The minimum Gasteiger partial charge on any atom is -0.264 e. The van der Waals surface area contributed by atoms with Crippen LogP contribution >= 0.6 is 11.6 Å². The van der Waals surface area contributed by atoms with Crippen LogP contribution in [0.3, 0.4) is 0 Å². The van der Waals surface area contributed by atoms with Crippen LogP contribution in [-0.4, -0.2) is 4.98 Å². The van der Waals surface area contributed by atoms with Crippen molar-refractivity contribution in [2.75, 3.05) is 0 Å². The molecule has 0 radical (unpaired) electrons. The predicted octanol–water partition coefficient (Wildman–Crippen LogP) is 3.17. The minimum atomic E-state index is -0.941. The number of benzene rings is 1. The first-order chi connectivity index (χ1) is 6.20. The van der Waals surface area contributed by atoms with Crippen molar-refractivity contribution in [1.29, 1.82) is 0 Å². The highest BCUT2D eigenvalue weighted by molar-refractivity contribution is 6.35. The fourth-order valence-corrected chi connectivity index (χ4v) is 1.40. The fourth-order valence-electron chi connectivity index (χ4n) is 1.16. The number of nitrogens with zero attached hydrogens (tertiary/aromatic N) is 1. The average molecular weight is 200 g/mol. The van der Waals surface area contributed by atoms with Crippen molar-refractivity contribution in [1.82, 2.24) is 4.98 Å². The Morgan fingerprint density at radius 3 is 2.77 bits per heavy atom. The second kappa shape index (κ2) is 2.92. The van der Waals surface area contributed by atoms with Gasteiger partial charge in [0.05, 0.1) is 5.02 Å². The molecule has 13 heavy (non-hydrogen) atoms. The molecule has 0 saturated carbocycles. The summed E-state index contributed by atoms with van der Waals surface area (Å²) in [5.41, 5.74) is 0. The van der Waals surface area contributed by atoms with Crippen molar-refractivity contribution < 1.29 is 8.78 Å². The molecule has 1 aromatic heterocycles. The van der Waals surface area contributed by atoms with E-state index in [1.54, 1.807) is 0 Å². The van der Waals surface area contributed by atoms with Crippen LogP contribution in [0.5, 0.6) is 0 Å². The molecule has 0 saturated heterocycles. The first kappa shape index (κ1) is 8.38. The molecule has 0 bridgehead atoms. The van der Waals surface area contributed by atoms with Gasteiger partial charge in [-0.3, -0.25) is 4.98 Å². The molecule has 0 aliphatic rings. The van der Waals surface area contributed by atoms with Crippen molar-refractivity contribution >= 4 is 22.4 Å². The van der Waals surface area contributed by atoms with Gasteiger partial charge in [0.1, 0.15) is 0 Å². The number of hydrogen-bond donors (Lipinski definition) is 0. The Kier molecular flexibility index (Phi) is 1.88. The minimum absolute atomic E-state index is 0.153. The number of fused-ring (bicyclic) bond motifs is 1. The highest BCUT2D eigenvalue weighted by atomic mass is 35.5. The molecule has 0 fully saturated rings. The van der Waals surface area contributed by atoms with Crippen LogP contribution in [0, 0.1) is 11.6 Å². The Bertz CT molecular complexity index is 470. The third-order valence-electron chi connectivity index (χ3n) is 1.78. The van der Waals surface area contributed by atoms with Gasteiger partial charge in [0.15, 0.2) is 11.6 Å². The lowest BCUT2D eigenvalue weighted by Gasteiger charge is -2.01. The maximum Gasteiger partial charge on any atom is 0.166 e. The molecule has 66 valence electrons. The molecule has 1 nitrogen and oxygen atoms in total. The van der Waals surface area contributed by atoms with Crippen molar-refractivity contribution in [3.63, 3.8) is 0 Å². The molecule has 0 spiro atoms. The van der Waals surface area contributed by atoms with E-state index in [9.17, 15) is 8.78 Å². The van der Waals surface area contributed by atoms with E-state index in [4.69, 9.17) is 11.6 Å². The third-order valence-corrected chi connectivity index (χ3v) is 2.09. The number of rotatable bonds is 0. The van der Waals surface area contributed by atoms with Crippen LogP contribution in [0.2, 0.25) is 5.02 Å². The highest BCUT2D eigenvalue weighted by Crippen LogP contribution is 2.26. The summed E-state index contributed by atoms with van der Waals surface area (Å²) in [6.07, 6.45) is 2.79. The monoisotopic (exact) mass is 199 g/mol. The van der Waals surface area contributed by atoms with Gasteiger partial charge in [0, 0.05) is 23.2 Å². The number of hydrogen-bond acceptors (Lipinski definition) is 1. The molecule has 1 aromatic carbocycles. The van der Waals surface area contributed by atoms with Gasteiger partial charge in [-0.15, -0.1) is 0 Å². The lowest BCUT2D eigenvalue weighted by atomic mass is 10.1. The van der Waals surface area contributed by atoms with E-state index < -0.39 is 11.6 Å². The molecule has 0 aliphatic heterocycles. The van der Waals surface area contributed by atoms with Gasteiger partial charge >= 0.3 is 0 Å². The van der Waals surface area contributed by atoms with Crippen LogP contribution in [0.15, 0.2) is 24.5 Å². The molecule has 2 rings (SSSR count). The zero-order valence-electron chi connectivity index (χ0n) is 6.39. The Morgan fingerprint density at radius 1 is 1.23 bits per heavy atom. The summed E-state index contributed by atoms with van der Waals surface area (Å²) in [7, 11) is 0. The van der Waals surface area contributed by atoms with E-state index in [2.05, 4.69) is 4.98 Å². The van der Waals surface area contributed by atoms with Crippen molar-refractivity contribution in [3.8, 4) is 0 Å². The summed E-state index contributed by atoms with van der Waals surface area (Å²) in [5, 5.41) is 0.741. The van der Waals surface area contributed by atoms with E-state index in [0.717, 1.165) is 6.07 Å². The molecule has 2 aromatic rings. The van der Waals surface area contributed by atoms with Gasteiger partial charge in [0.2, 0.25) is 0 Å². The highest BCUT2D eigenvalue weighted by Gasteiger charge is 2.09. The van der Waals surface area contributed by atoms with Crippen molar-refractivity contribution in [2.24, 2.45) is 0 Å². The van der Waals surface area contributed by atoms with E-state index in [0.29, 0.717) is 5.39 Å². The number of aromatic nitrogens is 1. The zero-order chi connectivity index (χ0) is 9.42. The average Bonchev–Trinajstić information content (AvgIpc) is 2.15. The van der Waals surface area contributed by atoms with E-state index in [1.165, 1.54) is 18.5 Å². The Balaban J connectivity index is 2.97. The molecule has 1 heterocycles. The molecular formula is C9H4ClF2N. The van der Waals surface area contributed by atoms with Gasteiger partial charge in [0.25, 0.3) is 0 Å². The summed E-state index contributed by atoms with van der Waals surface area (Å²) in [6.45, 7) is 0. The van der Waals surface area contributed by atoms with E-state index in [-0.39, 0.29) is 10.4 Å². The molecule has 0 unspecified atom stereocenters. The quantitative estimate of drug-likeness (QED) is 0.594. The first-order valence-corrected chi connectivity index (χ1v) is 3.95. The predicted molar refractivity (Wildman–Crippen MR) is 46.7 cm³/mol. The van der Waals surface area contributed by atoms with Crippen molar-refractivity contribution in [2.45, 2.75) is 0 Å². The Labute approximate surface area is 78.0 Å². The molecule has 0 amide bonds. The fraction of sp³-hybridized carbons (Fsp3) is 0. The largest absolute Gasteiger partial charge is 0.264 e. The van der Waals surface area contributed by atoms with Crippen LogP contribution < -0.4 is 0 Å². The maximum absolute atomic E-state index is 13.1. The second-order valence-electron chi connectivity index (χ2n) is 2.58. The normalized spacial score (nSPS) is 10.7. The summed E-state index contributed by atoms with van der Waals surface area (Å²) < 4.78 is 25.9. The number of halogens is 3. The van der Waals surface area contributed by atoms with Gasteiger partial charge in [-0.05, 0) is 12.1 Å². The molecule has 0 atom stereocenters. The smallest absolute Gasteiger partial charge is 0.166 e. The van der Waals surface area contributed by atoms with Gasteiger partial charge in [-0.1, -0.05) is 11.6 Å². The lowest BCUT2D eigenvalue weighted by Crippen LogP contribution is -1.87. The van der Waals surface area contributed by atoms with Crippen LogP contribution in [0.1, 0.15) is 0 Å². The standard InChI is InChI=1S/C9H4ClF2N/c10-7-3-8(11)9(12)5-1-2-13-4-6(5)7/h1-4H. The lowest BCUT2D eigenvalue weighted by molar-refractivity contribution is 0.517. The van der Waals surface area contributed by atoms with Gasteiger partial charge in [-0.2, -0.15) is 0 Å². The third kappa shape index (κ3) is 1.25. The molecule has 4 heteroatoms. The van der Waals surface area contributed by atoms with E-state index >= 15 is 0 Å². The molecule has 0 N–H and O–H groups in total. The van der Waals surface area contributed by atoms with E-state index in [1.807, 2.05) is 0 Å². The van der Waals surface area contributed by atoms with Crippen molar-refractivity contribution in [3.05, 3.63) is 41.2 Å². The zero-order valence-corrected chi connectivity index (χ0v) is 7.15. The Morgan fingerprint density at radius 2 is 2.00 bits per heavy atom. The summed E-state index contributed by atoms with van der Waals surface area (Å²) in [4.78, 5) is 3.77. The second-order valence-corrected chi connectivity index (χ2v) is 2.98. The summed E-state index contributed by atoms with van der Waals surface area (Å²) in [6, 6.07) is 2.33. The number of pyridine rings is 1. The molecule has 0 aliphatic carbocycles. The first-order valence-electron chi connectivity index (χ1n) is 3.57. The SMILES string of the molecule is Fc1cc(Cl)c2cnccc2c1F. The summed E-state index contributed by atoms with van der Waals surface area (Å²) >= 11 is 5.69. The Hall–Kier alpha value is -1.22. The maximum atomic E-state index is 13.1. The van der Waals surface area contributed by atoms with Gasteiger partial charge < -0.3 is 0 Å². The van der Waals surface area contributed by atoms with Crippen LogP contribution in [0.25, 0.3) is 10.8 Å². The molecular weight excluding hydrogens is 196 g/mol. The van der Waals surface area contributed by atoms with Crippen LogP contribution in [0.4, 0.5) is 8.78 Å². The van der Waals surface area contributed by atoms with Gasteiger partial charge in [-0.25, -0.2) is 8.78 Å².